The highest BCUT2D eigenvalue weighted by atomic mass is 19.1. The van der Waals surface area contributed by atoms with Gasteiger partial charge in [-0.25, -0.2) is 14.4 Å². The van der Waals surface area contributed by atoms with Gasteiger partial charge in [0, 0.05) is 38.8 Å². The predicted molar refractivity (Wildman–Crippen MR) is 131 cm³/mol. The Morgan fingerprint density at radius 3 is 2.26 bits per heavy atom. The van der Waals surface area contributed by atoms with Gasteiger partial charge >= 0.3 is 0 Å². The number of anilines is 2. The van der Waals surface area contributed by atoms with Gasteiger partial charge in [-0.15, -0.1) is 0 Å². The van der Waals surface area contributed by atoms with E-state index >= 15 is 0 Å². The quantitative estimate of drug-likeness (QED) is 0.608. The van der Waals surface area contributed by atoms with Gasteiger partial charge in [0.1, 0.15) is 23.8 Å². The van der Waals surface area contributed by atoms with E-state index in [1.807, 2.05) is 12.1 Å². The lowest BCUT2D eigenvalue weighted by molar-refractivity contribution is 0.0966. The highest BCUT2D eigenvalue weighted by Gasteiger charge is 2.30. The molecule has 0 radical (unpaired) electrons. The van der Waals surface area contributed by atoms with Crippen LogP contribution >= 0.6 is 0 Å². The summed E-state index contributed by atoms with van der Waals surface area (Å²) < 4.78 is 13.5. The van der Waals surface area contributed by atoms with E-state index in [-0.39, 0.29) is 11.9 Å². The molecule has 34 heavy (non-hydrogen) atoms. The fourth-order valence-corrected chi connectivity index (χ4v) is 4.79. The van der Waals surface area contributed by atoms with Crippen molar-refractivity contribution in [3.63, 3.8) is 0 Å². The summed E-state index contributed by atoms with van der Waals surface area (Å²) in [7, 11) is 0. The Morgan fingerprint density at radius 1 is 0.941 bits per heavy atom. The number of halogens is 1. The summed E-state index contributed by atoms with van der Waals surface area (Å²) in [6, 6.07) is 16.8. The molecule has 174 valence electrons. The minimum Gasteiger partial charge on any atom is -0.383 e. The Kier molecular flexibility index (Phi) is 6.39. The molecule has 3 aromatic rings. The van der Waals surface area contributed by atoms with E-state index in [0.717, 1.165) is 62.8 Å². The number of nitrogen functional groups attached to an aromatic ring is 1. The molecule has 7 nitrogen and oxygen atoms in total. The number of benzene rings is 2. The lowest BCUT2D eigenvalue weighted by Crippen LogP contribution is -2.51. The largest absolute Gasteiger partial charge is 0.383 e. The van der Waals surface area contributed by atoms with Crippen LogP contribution in [-0.4, -0.2) is 65.6 Å². The van der Waals surface area contributed by atoms with Crippen molar-refractivity contribution in [2.45, 2.75) is 12.5 Å². The molecule has 0 bridgehead atoms. The Bertz CT molecular complexity index is 1160. The number of aromatic nitrogens is 2. The van der Waals surface area contributed by atoms with E-state index in [2.05, 4.69) is 42.9 Å². The van der Waals surface area contributed by atoms with Crippen LogP contribution < -0.4 is 10.6 Å². The summed E-state index contributed by atoms with van der Waals surface area (Å²) in [5.41, 5.74) is 9.73. The van der Waals surface area contributed by atoms with Crippen LogP contribution in [0.1, 0.15) is 23.6 Å². The average molecular weight is 458 g/mol. The molecule has 1 atom stereocenters. The topological polar surface area (TPSA) is 85.3 Å². The maximum Gasteiger partial charge on any atom is 0.142 e. The van der Waals surface area contributed by atoms with E-state index in [9.17, 15) is 9.65 Å². The van der Waals surface area contributed by atoms with E-state index in [0.29, 0.717) is 11.4 Å². The van der Waals surface area contributed by atoms with E-state index < -0.39 is 0 Å². The summed E-state index contributed by atoms with van der Waals surface area (Å²) in [5.74, 6) is 0.897. The van der Waals surface area contributed by atoms with Gasteiger partial charge in [-0.3, -0.25) is 4.90 Å². The van der Waals surface area contributed by atoms with Crippen molar-refractivity contribution in [3.05, 3.63) is 71.8 Å². The van der Waals surface area contributed by atoms with Crippen LogP contribution in [0.25, 0.3) is 11.1 Å². The molecule has 5 rings (SSSR count). The minimum absolute atomic E-state index is 0.280. The minimum atomic E-state index is -0.287. The number of nitriles is 1. The van der Waals surface area contributed by atoms with Gasteiger partial charge in [-0.2, -0.15) is 5.26 Å². The number of nitrogens with two attached hydrogens (primary N) is 1. The van der Waals surface area contributed by atoms with Crippen molar-refractivity contribution in [1.29, 1.82) is 5.26 Å². The van der Waals surface area contributed by atoms with Crippen molar-refractivity contribution in [3.8, 4) is 17.2 Å². The Balaban J connectivity index is 1.35. The van der Waals surface area contributed by atoms with E-state index in [1.165, 1.54) is 30.4 Å². The van der Waals surface area contributed by atoms with Crippen molar-refractivity contribution in [1.82, 2.24) is 19.8 Å². The second-order valence-corrected chi connectivity index (χ2v) is 8.89. The summed E-state index contributed by atoms with van der Waals surface area (Å²) >= 11 is 0. The fraction of sp³-hybridized carbons (Fsp3) is 0.346. The van der Waals surface area contributed by atoms with E-state index in [1.54, 1.807) is 12.1 Å². The SMILES string of the molecule is N#Cc1ccc([C@@H](CN2CCC2)N2CCN(c3ncnc(N)c3-c3ccc(F)cc3)CC2)cc1. The first-order chi connectivity index (χ1) is 16.6. The molecule has 0 aliphatic carbocycles. The third-order valence-electron chi connectivity index (χ3n) is 6.85. The molecule has 3 heterocycles. The molecule has 2 saturated heterocycles. The fourth-order valence-electron chi connectivity index (χ4n) is 4.79. The van der Waals surface area contributed by atoms with Gasteiger partial charge < -0.3 is 15.5 Å². The number of nitrogens with zero attached hydrogens (tertiary/aromatic N) is 6. The normalized spacial score (nSPS) is 17.7. The molecule has 2 aliphatic heterocycles. The van der Waals surface area contributed by atoms with Gasteiger partial charge in [0.2, 0.25) is 0 Å². The summed E-state index contributed by atoms with van der Waals surface area (Å²) in [5, 5.41) is 9.17. The number of piperazine rings is 1. The van der Waals surface area contributed by atoms with Gasteiger partial charge in [0.15, 0.2) is 0 Å². The van der Waals surface area contributed by atoms with Crippen molar-refractivity contribution in [2.24, 2.45) is 0 Å². The van der Waals surface area contributed by atoms with Crippen molar-refractivity contribution < 1.29 is 4.39 Å². The first-order valence-corrected chi connectivity index (χ1v) is 11.7. The standard InChI is InChI=1S/C26H28FN7/c27-22-8-6-21(7-9-22)24-25(29)30-18-31-26(24)34-14-12-33(13-15-34)23(17-32-10-1-11-32)20-4-2-19(16-28)3-5-20/h2-9,18,23H,1,10-15,17H2,(H2,29,30,31)/t23-/m1/s1. The Labute approximate surface area is 199 Å². The van der Waals surface area contributed by atoms with Crippen LogP contribution in [0.4, 0.5) is 16.0 Å². The maximum absolute atomic E-state index is 13.5. The highest BCUT2D eigenvalue weighted by Crippen LogP contribution is 2.34. The third-order valence-corrected chi connectivity index (χ3v) is 6.85. The first kappa shape index (κ1) is 22.3. The number of hydrogen-bond acceptors (Lipinski definition) is 7. The highest BCUT2D eigenvalue weighted by molar-refractivity contribution is 5.84. The third kappa shape index (κ3) is 4.58. The Hall–Kier alpha value is -3.54. The average Bonchev–Trinajstić information content (AvgIpc) is 2.84. The molecule has 0 saturated carbocycles. The summed E-state index contributed by atoms with van der Waals surface area (Å²) in [6.45, 7) is 6.65. The van der Waals surface area contributed by atoms with Crippen LogP contribution in [0.15, 0.2) is 54.9 Å². The molecule has 0 amide bonds. The van der Waals surface area contributed by atoms with Crippen LogP contribution in [0.3, 0.4) is 0 Å². The van der Waals surface area contributed by atoms with Crippen LogP contribution in [0, 0.1) is 17.1 Å². The number of rotatable bonds is 6. The maximum atomic E-state index is 13.5. The predicted octanol–water partition coefficient (Wildman–Crippen LogP) is 3.31. The second kappa shape index (κ2) is 9.75. The zero-order chi connectivity index (χ0) is 23.5. The van der Waals surface area contributed by atoms with Crippen molar-refractivity contribution >= 4 is 11.6 Å². The molecular formula is C26H28FN7. The molecule has 0 spiro atoms. The number of likely N-dealkylation sites (tertiary alicyclic amines) is 1. The molecule has 2 aliphatic rings. The molecular weight excluding hydrogens is 429 g/mol. The van der Waals surface area contributed by atoms with Crippen molar-refractivity contribution in [2.75, 3.05) is 56.4 Å². The van der Waals surface area contributed by atoms with E-state index in [4.69, 9.17) is 5.73 Å². The van der Waals surface area contributed by atoms with Crippen LogP contribution in [0.5, 0.6) is 0 Å². The van der Waals surface area contributed by atoms with Gasteiger partial charge in [-0.1, -0.05) is 24.3 Å². The van der Waals surface area contributed by atoms with Gasteiger partial charge in [-0.05, 0) is 54.9 Å². The molecule has 1 aromatic heterocycles. The summed E-state index contributed by atoms with van der Waals surface area (Å²) in [6.07, 6.45) is 2.75. The number of hydrogen-bond donors (Lipinski definition) is 1. The Morgan fingerprint density at radius 2 is 1.65 bits per heavy atom. The molecule has 2 N–H and O–H groups in total. The van der Waals surface area contributed by atoms with Gasteiger partial charge in [0.05, 0.1) is 17.2 Å². The van der Waals surface area contributed by atoms with Crippen LogP contribution in [-0.2, 0) is 0 Å². The smallest absolute Gasteiger partial charge is 0.142 e. The zero-order valence-corrected chi connectivity index (χ0v) is 19.1. The monoisotopic (exact) mass is 457 g/mol. The van der Waals surface area contributed by atoms with Crippen LogP contribution in [0.2, 0.25) is 0 Å². The first-order valence-electron chi connectivity index (χ1n) is 11.7. The summed E-state index contributed by atoms with van der Waals surface area (Å²) in [4.78, 5) is 16.0. The molecule has 2 aromatic carbocycles. The molecule has 2 fully saturated rings. The van der Waals surface area contributed by atoms with Gasteiger partial charge in [0.25, 0.3) is 0 Å². The lowest BCUT2D eigenvalue weighted by atomic mass is 10.0. The molecule has 8 heteroatoms. The second-order valence-electron chi connectivity index (χ2n) is 8.89. The zero-order valence-electron chi connectivity index (χ0n) is 19.1. The lowest BCUT2D eigenvalue weighted by Gasteiger charge is -2.43. The molecule has 0 unspecified atom stereocenters.